The summed E-state index contributed by atoms with van der Waals surface area (Å²) in [5.74, 6) is -0.504. The molecular formula is C10H6F3NO2. The summed E-state index contributed by atoms with van der Waals surface area (Å²) in [6.07, 6.45) is -4.75. The van der Waals surface area contributed by atoms with Crippen LogP contribution in [-0.4, -0.2) is 17.1 Å². The summed E-state index contributed by atoms with van der Waals surface area (Å²) in [6, 6.07) is 7.62. The van der Waals surface area contributed by atoms with Crippen molar-refractivity contribution in [1.29, 1.82) is 0 Å². The van der Waals surface area contributed by atoms with Crippen molar-refractivity contribution in [1.82, 2.24) is 0 Å². The molecule has 0 atom stereocenters. The number of nitrogens with zero attached hydrogens (tertiary/aromatic N) is 1. The van der Waals surface area contributed by atoms with Gasteiger partial charge in [0.2, 0.25) is 5.71 Å². The normalized spacial score (nSPS) is 13.3. The van der Waals surface area contributed by atoms with Crippen LogP contribution in [0.4, 0.5) is 13.2 Å². The number of para-hydroxylation sites is 1. The maximum atomic E-state index is 12.4. The zero-order valence-electron chi connectivity index (χ0n) is 7.82. The highest BCUT2D eigenvalue weighted by molar-refractivity contribution is 6.04. The third-order valence-corrected chi connectivity index (χ3v) is 2.03. The number of rotatable bonds is 1. The number of furan rings is 1. The Balaban J connectivity index is 2.55. The molecule has 0 amide bonds. The van der Waals surface area contributed by atoms with E-state index in [1.54, 1.807) is 18.2 Å². The molecule has 1 heterocycles. The van der Waals surface area contributed by atoms with Crippen LogP contribution < -0.4 is 0 Å². The van der Waals surface area contributed by atoms with Gasteiger partial charge in [-0.2, -0.15) is 13.2 Å². The van der Waals surface area contributed by atoms with Crippen LogP contribution in [0.3, 0.4) is 0 Å². The smallest absolute Gasteiger partial charge is 0.440 e. The first-order chi connectivity index (χ1) is 7.52. The fraction of sp³-hybridized carbons (Fsp3) is 0.100. The molecular weight excluding hydrogens is 223 g/mol. The fourth-order valence-corrected chi connectivity index (χ4v) is 1.34. The molecule has 0 fully saturated rings. The Bertz CT molecular complexity index is 509. The van der Waals surface area contributed by atoms with Crippen LogP contribution in [0.2, 0.25) is 0 Å². The third-order valence-electron chi connectivity index (χ3n) is 2.03. The molecule has 1 aromatic carbocycles. The molecule has 2 aromatic rings. The van der Waals surface area contributed by atoms with Crippen molar-refractivity contribution in [2.45, 2.75) is 6.18 Å². The van der Waals surface area contributed by atoms with Crippen molar-refractivity contribution in [3.05, 3.63) is 36.1 Å². The summed E-state index contributed by atoms with van der Waals surface area (Å²) in [5.41, 5.74) is -1.13. The topological polar surface area (TPSA) is 45.7 Å². The minimum absolute atomic E-state index is 0.308. The van der Waals surface area contributed by atoms with Gasteiger partial charge in [0.15, 0.2) is 5.76 Å². The first-order valence-corrected chi connectivity index (χ1v) is 4.30. The molecule has 0 radical (unpaired) electrons. The molecule has 0 saturated carbocycles. The summed E-state index contributed by atoms with van der Waals surface area (Å²) in [4.78, 5) is 0. The monoisotopic (exact) mass is 229 g/mol. The summed E-state index contributed by atoms with van der Waals surface area (Å²) in [7, 11) is 0. The van der Waals surface area contributed by atoms with Gasteiger partial charge in [-0.05, 0) is 12.1 Å². The molecule has 0 bridgehead atoms. The lowest BCUT2D eigenvalue weighted by Gasteiger charge is -2.04. The van der Waals surface area contributed by atoms with Gasteiger partial charge in [-0.3, -0.25) is 0 Å². The van der Waals surface area contributed by atoms with E-state index in [1.807, 2.05) is 0 Å². The molecule has 0 aliphatic rings. The zero-order valence-corrected chi connectivity index (χ0v) is 7.82. The highest BCUT2D eigenvalue weighted by atomic mass is 19.4. The molecule has 84 valence electrons. The molecule has 0 aliphatic carbocycles. The van der Waals surface area contributed by atoms with Gasteiger partial charge in [0.05, 0.1) is 0 Å². The van der Waals surface area contributed by atoms with Gasteiger partial charge in [0.1, 0.15) is 5.58 Å². The lowest BCUT2D eigenvalue weighted by Crippen LogP contribution is -2.23. The van der Waals surface area contributed by atoms with Gasteiger partial charge >= 0.3 is 6.18 Å². The van der Waals surface area contributed by atoms with Crippen LogP contribution in [0.1, 0.15) is 5.76 Å². The molecule has 1 N–H and O–H groups in total. The second-order valence-electron chi connectivity index (χ2n) is 3.09. The molecule has 2 rings (SSSR count). The van der Waals surface area contributed by atoms with Gasteiger partial charge < -0.3 is 9.62 Å². The van der Waals surface area contributed by atoms with Gasteiger partial charge in [-0.25, -0.2) is 0 Å². The number of hydrogen-bond donors (Lipinski definition) is 1. The van der Waals surface area contributed by atoms with Crippen LogP contribution in [0.25, 0.3) is 11.0 Å². The predicted octanol–water partition coefficient (Wildman–Crippen LogP) is 3.17. The van der Waals surface area contributed by atoms with Crippen molar-refractivity contribution in [2.24, 2.45) is 5.16 Å². The van der Waals surface area contributed by atoms with Crippen molar-refractivity contribution in [3.8, 4) is 0 Å². The van der Waals surface area contributed by atoms with Gasteiger partial charge in [-0.15, -0.1) is 0 Å². The average Bonchev–Trinajstić information content (AvgIpc) is 2.59. The number of oxime groups is 1. The van der Waals surface area contributed by atoms with Crippen LogP contribution >= 0.6 is 0 Å². The number of hydrogen-bond acceptors (Lipinski definition) is 3. The van der Waals surface area contributed by atoms with E-state index in [9.17, 15) is 13.2 Å². The lowest BCUT2D eigenvalue weighted by atomic mass is 10.2. The van der Waals surface area contributed by atoms with E-state index in [-0.39, 0.29) is 0 Å². The minimum Gasteiger partial charge on any atom is -0.454 e. The summed E-state index contributed by atoms with van der Waals surface area (Å²) in [5, 5.41) is 11.1. The largest absolute Gasteiger partial charge is 0.454 e. The Labute approximate surface area is 87.8 Å². The fourth-order valence-electron chi connectivity index (χ4n) is 1.34. The molecule has 6 heteroatoms. The molecule has 1 aromatic heterocycles. The lowest BCUT2D eigenvalue weighted by molar-refractivity contribution is -0.0609. The van der Waals surface area contributed by atoms with Crippen molar-refractivity contribution in [2.75, 3.05) is 0 Å². The number of fused-ring (bicyclic) bond motifs is 1. The van der Waals surface area contributed by atoms with E-state index in [4.69, 9.17) is 9.62 Å². The Morgan fingerprint density at radius 3 is 2.50 bits per heavy atom. The molecule has 0 unspecified atom stereocenters. The number of halogens is 3. The van der Waals surface area contributed by atoms with Gasteiger partial charge in [-0.1, -0.05) is 23.4 Å². The van der Waals surface area contributed by atoms with Crippen molar-refractivity contribution >= 4 is 16.7 Å². The summed E-state index contributed by atoms with van der Waals surface area (Å²) >= 11 is 0. The first-order valence-electron chi connectivity index (χ1n) is 4.30. The third kappa shape index (κ3) is 1.73. The number of benzene rings is 1. The summed E-state index contributed by atoms with van der Waals surface area (Å²) in [6.45, 7) is 0. The maximum Gasteiger partial charge on any atom is 0.440 e. The van der Waals surface area contributed by atoms with Gasteiger partial charge in [0, 0.05) is 5.39 Å². The number of alkyl halides is 3. The quantitative estimate of drug-likeness (QED) is 0.463. The second kappa shape index (κ2) is 3.55. The van der Waals surface area contributed by atoms with E-state index in [0.717, 1.165) is 0 Å². The summed E-state index contributed by atoms with van der Waals surface area (Å²) < 4.78 is 42.1. The zero-order chi connectivity index (χ0) is 11.8. The van der Waals surface area contributed by atoms with E-state index in [1.165, 1.54) is 12.1 Å². The molecule has 0 spiro atoms. The predicted molar refractivity (Wildman–Crippen MR) is 50.6 cm³/mol. The highest BCUT2D eigenvalue weighted by Gasteiger charge is 2.39. The van der Waals surface area contributed by atoms with Crippen LogP contribution in [-0.2, 0) is 0 Å². The van der Waals surface area contributed by atoms with E-state index >= 15 is 0 Å². The molecule has 3 nitrogen and oxygen atoms in total. The van der Waals surface area contributed by atoms with Crippen molar-refractivity contribution < 1.29 is 22.8 Å². The van der Waals surface area contributed by atoms with Gasteiger partial charge in [0.25, 0.3) is 0 Å². The van der Waals surface area contributed by atoms with Crippen LogP contribution in [0.15, 0.2) is 39.9 Å². The van der Waals surface area contributed by atoms with E-state index in [0.29, 0.717) is 11.0 Å². The van der Waals surface area contributed by atoms with Crippen LogP contribution in [0, 0.1) is 0 Å². The minimum atomic E-state index is -4.75. The molecule has 0 saturated heterocycles. The Morgan fingerprint density at radius 2 is 1.94 bits per heavy atom. The Kier molecular flexibility index (Phi) is 2.34. The SMILES string of the molecule is O/N=C(/c1cc2ccccc2o1)C(F)(F)F. The standard InChI is InChI=1S/C10H6F3NO2/c11-10(12,13)9(14-15)8-5-6-3-1-2-4-7(6)16-8/h1-5,15H/b14-9-. The van der Waals surface area contributed by atoms with Crippen LogP contribution in [0.5, 0.6) is 0 Å². The van der Waals surface area contributed by atoms with E-state index in [2.05, 4.69) is 5.16 Å². The Morgan fingerprint density at radius 1 is 1.25 bits per heavy atom. The average molecular weight is 229 g/mol. The molecule has 16 heavy (non-hydrogen) atoms. The second-order valence-corrected chi connectivity index (χ2v) is 3.09. The highest BCUT2D eigenvalue weighted by Crippen LogP contribution is 2.26. The Hall–Kier alpha value is -1.98. The molecule has 0 aliphatic heterocycles. The first kappa shape index (κ1) is 10.5. The van der Waals surface area contributed by atoms with Crippen molar-refractivity contribution in [3.63, 3.8) is 0 Å². The maximum absolute atomic E-state index is 12.4. The van der Waals surface area contributed by atoms with E-state index < -0.39 is 17.6 Å².